The number of ether oxygens (including phenoxy) is 1. The number of alkyl carbamates (subject to hydrolysis) is 1. The summed E-state index contributed by atoms with van der Waals surface area (Å²) >= 11 is 3.21. The average Bonchev–Trinajstić information content (AvgIpc) is 3.15. The van der Waals surface area contributed by atoms with E-state index >= 15 is 0 Å². The fourth-order valence-corrected chi connectivity index (χ4v) is 4.27. The fraction of sp³-hybridized carbons (Fsp3) is 0.115. The third-order valence-electron chi connectivity index (χ3n) is 5.33. The number of carboxylic acid groups (broad SMARTS) is 1. The molecule has 0 saturated heterocycles. The molecule has 4 rings (SSSR count). The van der Waals surface area contributed by atoms with E-state index in [-0.39, 0.29) is 24.6 Å². The van der Waals surface area contributed by atoms with Gasteiger partial charge in [-0.05, 0) is 62.3 Å². The number of carbonyl (C=O) groups is 3. The first-order valence-electron chi connectivity index (χ1n) is 10.4. The van der Waals surface area contributed by atoms with Crippen molar-refractivity contribution < 1.29 is 24.2 Å². The van der Waals surface area contributed by atoms with E-state index in [1.165, 1.54) is 18.2 Å². The molecule has 0 heterocycles. The lowest BCUT2D eigenvalue weighted by atomic mass is 9.98. The van der Waals surface area contributed by atoms with Gasteiger partial charge in [0.05, 0.1) is 17.8 Å². The van der Waals surface area contributed by atoms with Gasteiger partial charge in [-0.2, -0.15) is 0 Å². The fourth-order valence-electron chi connectivity index (χ4n) is 3.79. The van der Waals surface area contributed by atoms with Gasteiger partial charge in [0.15, 0.2) is 0 Å². The summed E-state index contributed by atoms with van der Waals surface area (Å²) in [7, 11) is 0. The molecule has 1 aliphatic rings. The van der Waals surface area contributed by atoms with Crippen molar-refractivity contribution in [3.63, 3.8) is 0 Å². The van der Waals surface area contributed by atoms with E-state index in [9.17, 15) is 14.4 Å². The summed E-state index contributed by atoms with van der Waals surface area (Å²) < 4.78 is 5.83. The smallest absolute Gasteiger partial charge is 0.407 e. The van der Waals surface area contributed by atoms with Crippen LogP contribution in [0, 0.1) is 11.8 Å². The molecule has 170 valence electrons. The number of halogens is 1. The highest BCUT2D eigenvalue weighted by molar-refractivity contribution is 9.10. The minimum atomic E-state index is -1.07. The maximum absolute atomic E-state index is 12.1. The summed E-state index contributed by atoms with van der Waals surface area (Å²) in [4.78, 5) is 35.1. The lowest BCUT2D eigenvalue weighted by Gasteiger charge is -2.14. The van der Waals surface area contributed by atoms with E-state index in [1.807, 2.05) is 36.4 Å². The van der Waals surface area contributed by atoms with E-state index < -0.39 is 18.0 Å². The highest BCUT2D eigenvalue weighted by Gasteiger charge is 2.28. The number of anilines is 1. The van der Waals surface area contributed by atoms with Crippen molar-refractivity contribution in [3.05, 3.63) is 87.9 Å². The molecule has 3 aromatic rings. The van der Waals surface area contributed by atoms with Crippen molar-refractivity contribution in [1.82, 2.24) is 5.32 Å². The first-order valence-corrected chi connectivity index (χ1v) is 11.1. The van der Waals surface area contributed by atoms with Crippen LogP contribution >= 0.6 is 15.9 Å². The third kappa shape index (κ3) is 5.11. The number of amides is 2. The zero-order valence-electron chi connectivity index (χ0n) is 17.8. The summed E-state index contributed by atoms with van der Waals surface area (Å²) in [5.41, 5.74) is 5.00. The molecule has 0 atom stereocenters. The molecule has 7 nitrogen and oxygen atoms in total. The first-order chi connectivity index (χ1) is 16.4. The molecule has 0 fully saturated rings. The summed E-state index contributed by atoms with van der Waals surface area (Å²) in [6.07, 6.45) is -0.622. The predicted molar refractivity (Wildman–Crippen MR) is 131 cm³/mol. The molecule has 0 aliphatic heterocycles. The Morgan fingerprint density at radius 1 is 0.971 bits per heavy atom. The molecule has 1 aliphatic carbocycles. The van der Waals surface area contributed by atoms with Gasteiger partial charge < -0.3 is 20.5 Å². The molecule has 0 unspecified atom stereocenters. The second-order valence-corrected chi connectivity index (χ2v) is 8.29. The molecule has 0 saturated carbocycles. The van der Waals surface area contributed by atoms with E-state index in [0.29, 0.717) is 10.2 Å². The molecule has 0 radical (unpaired) electrons. The van der Waals surface area contributed by atoms with Gasteiger partial charge in [-0.1, -0.05) is 54.5 Å². The molecule has 34 heavy (non-hydrogen) atoms. The Kier molecular flexibility index (Phi) is 6.95. The normalized spacial score (nSPS) is 11.4. The quantitative estimate of drug-likeness (QED) is 0.427. The number of rotatable bonds is 5. The van der Waals surface area contributed by atoms with Gasteiger partial charge in [-0.25, -0.2) is 9.59 Å². The Bertz CT molecular complexity index is 1300. The number of hydrogen-bond acceptors (Lipinski definition) is 4. The van der Waals surface area contributed by atoms with Crippen LogP contribution in [0.15, 0.2) is 71.2 Å². The number of carboxylic acids is 1. The van der Waals surface area contributed by atoms with Crippen LogP contribution in [0.1, 0.15) is 27.4 Å². The maximum atomic E-state index is 12.1. The van der Waals surface area contributed by atoms with Crippen LogP contribution in [0.2, 0.25) is 0 Å². The Morgan fingerprint density at radius 2 is 1.62 bits per heavy atom. The Morgan fingerprint density at radius 3 is 2.24 bits per heavy atom. The maximum Gasteiger partial charge on any atom is 0.407 e. The largest absolute Gasteiger partial charge is 0.478 e. The monoisotopic (exact) mass is 518 g/mol. The lowest BCUT2D eigenvalue weighted by molar-refractivity contribution is -0.111. The van der Waals surface area contributed by atoms with Crippen molar-refractivity contribution in [2.75, 3.05) is 18.5 Å². The van der Waals surface area contributed by atoms with Crippen molar-refractivity contribution in [1.29, 1.82) is 0 Å². The summed E-state index contributed by atoms with van der Waals surface area (Å²) in [5, 5.41) is 14.0. The van der Waals surface area contributed by atoms with Crippen molar-refractivity contribution in [2.45, 2.75) is 5.92 Å². The van der Waals surface area contributed by atoms with Crippen LogP contribution in [0.3, 0.4) is 0 Å². The van der Waals surface area contributed by atoms with Crippen molar-refractivity contribution in [3.8, 4) is 23.0 Å². The molecular formula is C26H19BrN2O5. The van der Waals surface area contributed by atoms with Crippen LogP contribution in [0.25, 0.3) is 11.1 Å². The number of fused-ring (bicyclic) bond motifs is 3. The summed E-state index contributed by atoms with van der Waals surface area (Å²) in [5.74, 6) is 3.22. The molecule has 0 aromatic heterocycles. The second kappa shape index (κ2) is 10.2. The Balaban J connectivity index is 1.27. The number of benzene rings is 3. The predicted octanol–water partition coefficient (Wildman–Crippen LogP) is 4.63. The van der Waals surface area contributed by atoms with Crippen LogP contribution < -0.4 is 10.6 Å². The zero-order chi connectivity index (χ0) is 24.1. The third-order valence-corrected chi connectivity index (χ3v) is 5.99. The molecule has 3 N–H and O–H groups in total. The van der Waals surface area contributed by atoms with Crippen LogP contribution in [-0.2, 0) is 9.53 Å². The van der Waals surface area contributed by atoms with Gasteiger partial charge in [0.2, 0.25) is 0 Å². The van der Waals surface area contributed by atoms with E-state index in [1.54, 1.807) is 0 Å². The number of hydrogen-bond donors (Lipinski definition) is 3. The van der Waals surface area contributed by atoms with E-state index in [0.717, 1.165) is 22.3 Å². The highest BCUT2D eigenvalue weighted by Crippen LogP contribution is 2.44. The van der Waals surface area contributed by atoms with Crippen LogP contribution in [0.5, 0.6) is 0 Å². The number of nitrogens with one attached hydrogen (secondary N) is 2. The molecule has 0 spiro atoms. The standard InChI is InChI=1S/C26H19BrN2O5/c27-22-14-16(25(31)32)11-12-23(22)29-24(30)10-5-13-28-26(33)34-15-21-19-8-3-1-6-17(19)18-7-2-4-9-20(18)21/h1-4,6-9,11-12,14,21H,13,15H2,(H,28,33)(H,29,30)(H,31,32). The van der Waals surface area contributed by atoms with Gasteiger partial charge in [0.1, 0.15) is 6.61 Å². The van der Waals surface area contributed by atoms with Gasteiger partial charge >= 0.3 is 12.1 Å². The molecule has 2 amide bonds. The minimum absolute atomic E-state index is 0.0408. The zero-order valence-corrected chi connectivity index (χ0v) is 19.4. The number of aromatic carboxylic acids is 1. The van der Waals surface area contributed by atoms with Crippen molar-refractivity contribution >= 4 is 39.6 Å². The summed E-state index contributed by atoms with van der Waals surface area (Å²) in [6, 6.07) is 20.3. The number of carbonyl (C=O) groups excluding carboxylic acids is 2. The minimum Gasteiger partial charge on any atom is -0.478 e. The first kappa shape index (κ1) is 23.1. The van der Waals surface area contributed by atoms with E-state index in [4.69, 9.17) is 9.84 Å². The SMILES string of the molecule is O=C(C#CCNC(=O)OCC1c2ccccc2-c2ccccc21)Nc1ccc(C(=O)O)cc1Br. The van der Waals surface area contributed by atoms with Gasteiger partial charge in [0.25, 0.3) is 5.91 Å². The average molecular weight is 519 g/mol. The molecule has 8 heteroatoms. The van der Waals surface area contributed by atoms with Gasteiger partial charge in [-0.15, -0.1) is 0 Å². The van der Waals surface area contributed by atoms with Crippen LogP contribution in [-0.4, -0.2) is 36.2 Å². The molecular weight excluding hydrogens is 500 g/mol. The van der Waals surface area contributed by atoms with Crippen LogP contribution in [0.4, 0.5) is 10.5 Å². The second-order valence-electron chi connectivity index (χ2n) is 7.43. The van der Waals surface area contributed by atoms with E-state index in [2.05, 4.69) is 50.5 Å². The van der Waals surface area contributed by atoms with Gasteiger partial charge in [0, 0.05) is 10.4 Å². The van der Waals surface area contributed by atoms with Crippen molar-refractivity contribution in [2.24, 2.45) is 0 Å². The highest BCUT2D eigenvalue weighted by atomic mass is 79.9. The molecule has 0 bridgehead atoms. The van der Waals surface area contributed by atoms with Gasteiger partial charge in [-0.3, -0.25) is 4.79 Å². The Labute approximate surface area is 204 Å². The topological polar surface area (TPSA) is 105 Å². The Hall–Kier alpha value is -4.09. The molecule has 3 aromatic carbocycles. The lowest BCUT2D eigenvalue weighted by Crippen LogP contribution is -2.26. The summed E-state index contributed by atoms with van der Waals surface area (Å²) in [6.45, 7) is 0.122.